The Bertz CT molecular complexity index is 890. The number of fused-ring (bicyclic) bond motifs is 1. The Hall–Kier alpha value is -2.50. The second-order valence-electron chi connectivity index (χ2n) is 6.03. The van der Waals surface area contributed by atoms with Gasteiger partial charge in [-0.2, -0.15) is 5.10 Å². The first kappa shape index (κ1) is 14.1. The zero-order valence-corrected chi connectivity index (χ0v) is 13.1. The molecule has 1 fully saturated rings. The SMILES string of the molecule is CCc1nn(C2CCCC2)c2nc(-c3ccncc3)[nH]c(=O)c12. The predicted molar refractivity (Wildman–Crippen MR) is 88.3 cm³/mol. The standard InChI is InChI=1S/C17H19N5O/c1-2-13-14-16(22(21-13)12-5-3-4-6-12)19-15(20-17(14)23)11-7-9-18-10-8-11/h7-10,12H,2-6H2,1H3,(H,19,20,23). The van der Waals surface area contributed by atoms with Gasteiger partial charge in [-0.1, -0.05) is 19.8 Å². The van der Waals surface area contributed by atoms with Crippen LogP contribution in [-0.2, 0) is 6.42 Å². The Balaban J connectivity index is 1.96. The molecule has 0 amide bonds. The van der Waals surface area contributed by atoms with Crippen LogP contribution in [0.5, 0.6) is 0 Å². The molecule has 0 radical (unpaired) electrons. The first-order valence-electron chi connectivity index (χ1n) is 8.19. The largest absolute Gasteiger partial charge is 0.306 e. The minimum atomic E-state index is -0.108. The van der Waals surface area contributed by atoms with Crippen LogP contribution in [0.15, 0.2) is 29.3 Å². The Kier molecular flexibility index (Phi) is 3.44. The fourth-order valence-corrected chi connectivity index (χ4v) is 3.41. The van der Waals surface area contributed by atoms with Crippen LogP contribution >= 0.6 is 0 Å². The minimum Gasteiger partial charge on any atom is -0.306 e. The smallest absolute Gasteiger partial charge is 0.262 e. The van der Waals surface area contributed by atoms with Gasteiger partial charge in [0.25, 0.3) is 5.56 Å². The van der Waals surface area contributed by atoms with Crippen LogP contribution < -0.4 is 5.56 Å². The minimum absolute atomic E-state index is 0.108. The fourth-order valence-electron chi connectivity index (χ4n) is 3.41. The highest BCUT2D eigenvalue weighted by atomic mass is 16.1. The molecule has 3 heterocycles. The van der Waals surface area contributed by atoms with Gasteiger partial charge >= 0.3 is 0 Å². The molecular formula is C17H19N5O. The lowest BCUT2D eigenvalue weighted by atomic mass is 10.2. The summed E-state index contributed by atoms with van der Waals surface area (Å²) in [6.45, 7) is 2.02. The number of hydrogen-bond acceptors (Lipinski definition) is 4. The van der Waals surface area contributed by atoms with E-state index in [1.165, 1.54) is 12.8 Å². The summed E-state index contributed by atoms with van der Waals surface area (Å²) < 4.78 is 1.99. The third kappa shape index (κ3) is 2.34. The molecule has 4 rings (SSSR count). The van der Waals surface area contributed by atoms with Gasteiger partial charge in [0.15, 0.2) is 5.65 Å². The average molecular weight is 309 g/mol. The number of aromatic nitrogens is 5. The molecule has 0 unspecified atom stereocenters. The van der Waals surface area contributed by atoms with Gasteiger partial charge in [0.1, 0.15) is 11.2 Å². The van der Waals surface area contributed by atoms with E-state index in [2.05, 4.69) is 9.97 Å². The van der Waals surface area contributed by atoms with Crippen molar-refractivity contribution in [2.75, 3.05) is 0 Å². The molecule has 1 N–H and O–H groups in total. The molecule has 0 aromatic carbocycles. The molecule has 6 nitrogen and oxygen atoms in total. The summed E-state index contributed by atoms with van der Waals surface area (Å²) in [5, 5.41) is 5.34. The van der Waals surface area contributed by atoms with Crippen molar-refractivity contribution < 1.29 is 0 Å². The molecule has 0 aliphatic heterocycles. The van der Waals surface area contributed by atoms with E-state index in [4.69, 9.17) is 10.1 Å². The lowest BCUT2D eigenvalue weighted by Crippen LogP contribution is -2.12. The van der Waals surface area contributed by atoms with Gasteiger partial charge in [0.2, 0.25) is 0 Å². The van der Waals surface area contributed by atoms with Crippen molar-refractivity contribution in [1.82, 2.24) is 24.7 Å². The summed E-state index contributed by atoms with van der Waals surface area (Å²) in [5.74, 6) is 0.576. The number of nitrogens with one attached hydrogen (secondary N) is 1. The van der Waals surface area contributed by atoms with Crippen LogP contribution in [0.3, 0.4) is 0 Å². The normalized spacial score (nSPS) is 15.5. The number of aromatic amines is 1. The van der Waals surface area contributed by atoms with Crippen LogP contribution in [0.25, 0.3) is 22.4 Å². The Labute approximate surface area is 133 Å². The van der Waals surface area contributed by atoms with E-state index in [1.54, 1.807) is 12.4 Å². The van der Waals surface area contributed by atoms with E-state index in [-0.39, 0.29) is 5.56 Å². The number of nitrogens with zero attached hydrogens (tertiary/aromatic N) is 4. The predicted octanol–water partition coefficient (Wildman–Crippen LogP) is 2.86. The molecular weight excluding hydrogens is 290 g/mol. The zero-order valence-electron chi connectivity index (χ0n) is 13.1. The summed E-state index contributed by atoms with van der Waals surface area (Å²) in [6, 6.07) is 4.06. The number of hydrogen-bond donors (Lipinski definition) is 1. The van der Waals surface area contributed by atoms with Gasteiger partial charge in [-0.05, 0) is 31.4 Å². The average Bonchev–Trinajstić information content (AvgIpc) is 3.22. The Morgan fingerprint density at radius 2 is 2.00 bits per heavy atom. The van der Waals surface area contributed by atoms with E-state index >= 15 is 0 Å². The first-order chi connectivity index (χ1) is 11.3. The second-order valence-corrected chi connectivity index (χ2v) is 6.03. The highest BCUT2D eigenvalue weighted by molar-refractivity contribution is 5.79. The van der Waals surface area contributed by atoms with Crippen molar-refractivity contribution in [2.45, 2.75) is 45.1 Å². The third-order valence-corrected chi connectivity index (χ3v) is 4.59. The van der Waals surface area contributed by atoms with Crippen molar-refractivity contribution in [3.8, 4) is 11.4 Å². The molecule has 3 aromatic rings. The molecule has 23 heavy (non-hydrogen) atoms. The summed E-state index contributed by atoms with van der Waals surface area (Å²) in [6.07, 6.45) is 8.78. The van der Waals surface area contributed by atoms with Gasteiger partial charge in [-0.25, -0.2) is 9.67 Å². The molecule has 0 saturated heterocycles. The van der Waals surface area contributed by atoms with Crippen molar-refractivity contribution in [2.24, 2.45) is 0 Å². The van der Waals surface area contributed by atoms with Crippen LogP contribution in [0, 0.1) is 0 Å². The summed E-state index contributed by atoms with van der Waals surface area (Å²) in [7, 11) is 0. The molecule has 0 atom stereocenters. The van der Waals surface area contributed by atoms with E-state index in [1.807, 2.05) is 23.7 Å². The number of H-pyrrole nitrogens is 1. The van der Waals surface area contributed by atoms with Gasteiger partial charge in [-0.15, -0.1) is 0 Å². The lowest BCUT2D eigenvalue weighted by molar-refractivity contribution is 0.474. The lowest BCUT2D eigenvalue weighted by Gasteiger charge is -2.10. The Morgan fingerprint density at radius 3 is 2.70 bits per heavy atom. The number of pyridine rings is 1. The molecule has 0 spiro atoms. The van der Waals surface area contributed by atoms with Gasteiger partial charge in [-0.3, -0.25) is 9.78 Å². The highest BCUT2D eigenvalue weighted by Gasteiger charge is 2.24. The molecule has 0 bridgehead atoms. The first-order valence-corrected chi connectivity index (χ1v) is 8.19. The molecule has 6 heteroatoms. The van der Waals surface area contributed by atoms with E-state index in [9.17, 15) is 4.79 Å². The van der Waals surface area contributed by atoms with Crippen LogP contribution in [-0.4, -0.2) is 24.7 Å². The molecule has 118 valence electrons. The summed E-state index contributed by atoms with van der Waals surface area (Å²) in [5.41, 5.74) is 2.30. The maximum absolute atomic E-state index is 12.6. The van der Waals surface area contributed by atoms with Crippen molar-refractivity contribution in [3.05, 3.63) is 40.6 Å². The maximum atomic E-state index is 12.6. The molecule has 1 aliphatic rings. The zero-order chi connectivity index (χ0) is 15.8. The van der Waals surface area contributed by atoms with E-state index in [0.29, 0.717) is 22.9 Å². The van der Waals surface area contributed by atoms with Gasteiger partial charge < -0.3 is 4.98 Å². The fraction of sp³-hybridized carbons (Fsp3) is 0.412. The van der Waals surface area contributed by atoms with Crippen LogP contribution in [0.4, 0.5) is 0 Å². The van der Waals surface area contributed by atoms with E-state index < -0.39 is 0 Å². The number of aryl methyl sites for hydroxylation is 1. The summed E-state index contributed by atoms with van der Waals surface area (Å²) in [4.78, 5) is 24.3. The molecule has 1 saturated carbocycles. The summed E-state index contributed by atoms with van der Waals surface area (Å²) >= 11 is 0. The topological polar surface area (TPSA) is 76.5 Å². The van der Waals surface area contributed by atoms with E-state index in [0.717, 1.165) is 30.5 Å². The maximum Gasteiger partial charge on any atom is 0.262 e. The van der Waals surface area contributed by atoms with Crippen LogP contribution in [0.2, 0.25) is 0 Å². The molecule has 1 aliphatic carbocycles. The monoisotopic (exact) mass is 309 g/mol. The van der Waals surface area contributed by atoms with Crippen molar-refractivity contribution in [3.63, 3.8) is 0 Å². The second kappa shape index (κ2) is 5.61. The quantitative estimate of drug-likeness (QED) is 0.807. The van der Waals surface area contributed by atoms with Crippen molar-refractivity contribution in [1.29, 1.82) is 0 Å². The van der Waals surface area contributed by atoms with Crippen LogP contribution in [0.1, 0.15) is 44.3 Å². The Morgan fingerprint density at radius 1 is 1.26 bits per heavy atom. The molecule has 3 aromatic heterocycles. The number of rotatable bonds is 3. The highest BCUT2D eigenvalue weighted by Crippen LogP contribution is 2.32. The van der Waals surface area contributed by atoms with Gasteiger partial charge in [0.05, 0.1) is 11.7 Å². The van der Waals surface area contributed by atoms with Crippen molar-refractivity contribution >= 4 is 11.0 Å². The van der Waals surface area contributed by atoms with Gasteiger partial charge in [0, 0.05) is 18.0 Å². The third-order valence-electron chi connectivity index (χ3n) is 4.59.